The highest BCUT2D eigenvalue weighted by Crippen LogP contribution is 2.39. The van der Waals surface area contributed by atoms with Crippen LogP contribution in [0.2, 0.25) is 0 Å². The monoisotopic (exact) mass is 279 g/mol. The highest BCUT2D eigenvalue weighted by molar-refractivity contribution is 9.10. The Morgan fingerprint density at radius 3 is 3.00 bits per heavy atom. The Morgan fingerprint density at radius 2 is 2.25 bits per heavy atom. The summed E-state index contributed by atoms with van der Waals surface area (Å²) >= 11 is 3.65. The van der Waals surface area contributed by atoms with Crippen molar-refractivity contribution in [1.82, 2.24) is 5.32 Å². The molecule has 0 spiro atoms. The van der Waals surface area contributed by atoms with Crippen LogP contribution in [0.25, 0.3) is 0 Å². The molecule has 3 unspecified atom stereocenters. The Kier molecular flexibility index (Phi) is 2.80. The van der Waals surface area contributed by atoms with Crippen LogP contribution in [-0.4, -0.2) is 6.54 Å². The van der Waals surface area contributed by atoms with Crippen molar-refractivity contribution in [2.45, 2.75) is 32.2 Å². The summed E-state index contributed by atoms with van der Waals surface area (Å²) in [5.74, 6) is 1.90. The van der Waals surface area contributed by atoms with E-state index in [-0.39, 0.29) is 0 Å². The van der Waals surface area contributed by atoms with Gasteiger partial charge in [-0.25, -0.2) is 0 Å². The summed E-state index contributed by atoms with van der Waals surface area (Å²) in [6.07, 6.45) is 3.90. The Bertz CT molecular complexity index is 402. The van der Waals surface area contributed by atoms with Crippen LogP contribution < -0.4 is 5.32 Å². The summed E-state index contributed by atoms with van der Waals surface area (Å²) in [5.41, 5.74) is 3.03. The minimum atomic E-state index is 0.597. The van der Waals surface area contributed by atoms with E-state index in [1.165, 1.54) is 41.4 Å². The van der Waals surface area contributed by atoms with Gasteiger partial charge in [0.05, 0.1) is 0 Å². The van der Waals surface area contributed by atoms with Crippen LogP contribution in [0.1, 0.15) is 36.9 Å². The lowest BCUT2D eigenvalue weighted by molar-refractivity contribution is 0.502. The van der Waals surface area contributed by atoms with Crippen LogP contribution in [-0.2, 0) is 6.42 Å². The second-order valence-corrected chi connectivity index (χ2v) is 6.13. The van der Waals surface area contributed by atoms with Crippen molar-refractivity contribution < 1.29 is 0 Å². The molecular weight excluding hydrogens is 262 g/mol. The molecule has 0 aromatic heterocycles. The van der Waals surface area contributed by atoms with E-state index in [1.54, 1.807) is 0 Å². The predicted molar refractivity (Wildman–Crippen MR) is 70.5 cm³/mol. The molecule has 2 heteroatoms. The molecule has 0 heterocycles. The molecule has 0 saturated heterocycles. The second kappa shape index (κ2) is 4.15. The van der Waals surface area contributed by atoms with E-state index < -0.39 is 0 Å². The van der Waals surface area contributed by atoms with Gasteiger partial charge in [0.2, 0.25) is 0 Å². The molecule has 3 rings (SSSR count). The van der Waals surface area contributed by atoms with Gasteiger partial charge in [0, 0.05) is 10.5 Å². The molecule has 0 bridgehead atoms. The fraction of sp³-hybridized carbons (Fsp3) is 0.571. The minimum absolute atomic E-state index is 0.597. The zero-order valence-electron chi connectivity index (χ0n) is 9.67. The van der Waals surface area contributed by atoms with Crippen molar-refractivity contribution in [3.8, 4) is 0 Å². The van der Waals surface area contributed by atoms with E-state index in [1.807, 2.05) is 0 Å². The number of hydrogen-bond donors (Lipinski definition) is 1. The first-order chi connectivity index (χ1) is 7.75. The van der Waals surface area contributed by atoms with Gasteiger partial charge in [-0.2, -0.15) is 0 Å². The van der Waals surface area contributed by atoms with Crippen LogP contribution in [0.5, 0.6) is 0 Å². The topological polar surface area (TPSA) is 12.0 Å². The fourth-order valence-electron chi connectivity index (χ4n) is 2.80. The first-order valence-corrected chi connectivity index (χ1v) is 7.05. The van der Waals surface area contributed by atoms with E-state index in [0.717, 1.165) is 11.8 Å². The van der Waals surface area contributed by atoms with Crippen LogP contribution in [0.4, 0.5) is 0 Å². The predicted octanol–water partition coefficient (Wildman–Crippen LogP) is 3.68. The molecule has 1 saturated carbocycles. The molecule has 3 atom stereocenters. The quantitative estimate of drug-likeness (QED) is 0.890. The summed E-state index contributed by atoms with van der Waals surface area (Å²) in [5, 5.41) is 3.74. The maximum atomic E-state index is 3.74. The first kappa shape index (κ1) is 10.8. The Labute approximate surface area is 106 Å². The molecule has 0 radical (unpaired) electrons. The van der Waals surface area contributed by atoms with Gasteiger partial charge >= 0.3 is 0 Å². The van der Waals surface area contributed by atoms with Gasteiger partial charge in [0.1, 0.15) is 0 Å². The van der Waals surface area contributed by atoms with Gasteiger partial charge in [-0.1, -0.05) is 35.0 Å². The lowest BCUT2D eigenvalue weighted by Crippen LogP contribution is -2.22. The van der Waals surface area contributed by atoms with Crippen molar-refractivity contribution in [1.29, 1.82) is 0 Å². The van der Waals surface area contributed by atoms with Gasteiger partial charge < -0.3 is 5.32 Å². The minimum Gasteiger partial charge on any atom is -0.310 e. The van der Waals surface area contributed by atoms with Crippen molar-refractivity contribution >= 4 is 15.9 Å². The molecule has 0 amide bonds. The maximum Gasteiger partial charge on any atom is 0.0326 e. The Morgan fingerprint density at radius 1 is 1.44 bits per heavy atom. The number of hydrogen-bond acceptors (Lipinski definition) is 1. The molecule has 1 N–H and O–H groups in total. The normalized spacial score (nSPS) is 31.5. The zero-order valence-corrected chi connectivity index (χ0v) is 11.3. The van der Waals surface area contributed by atoms with Crippen LogP contribution in [0.3, 0.4) is 0 Å². The van der Waals surface area contributed by atoms with Crippen molar-refractivity contribution in [3.05, 3.63) is 33.8 Å². The summed E-state index contributed by atoms with van der Waals surface area (Å²) in [4.78, 5) is 0. The third-order valence-electron chi connectivity index (χ3n) is 4.12. The average Bonchev–Trinajstić information content (AvgIpc) is 2.82. The molecule has 1 nitrogen and oxygen atoms in total. The first-order valence-electron chi connectivity index (χ1n) is 6.26. The number of fused-ring (bicyclic) bond motifs is 1. The van der Waals surface area contributed by atoms with Gasteiger partial charge in [-0.15, -0.1) is 0 Å². The lowest BCUT2D eigenvalue weighted by Gasteiger charge is -2.14. The average molecular weight is 280 g/mol. The van der Waals surface area contributed by atoms with Crippen molar-refractivity contribution in [2.75, 3.05) is 6.54 Å². The molecule has 1 aromatic rings. The fourth-order valence-corrected chi connectivity index (χ4v) is 3.38. The molecule has 0 aliphatic heterocycles. The third-order valence-corrected chi connectivity index (χ3v) is 4.86. The van der Waals surface area contributed by atoms with Crippen molar-refractivity contribution in [3.63, 3.8) is 0 Å². The summed E-state index contributed by atoms with van der Waals surface area (Å²) in [6.45, 7) is 3.56. The second-order valence-electron chi connectivity index (χ2n) is 5.28. The summed E-state index contributed by atoms with van der Waals surface area (Å²) in [6, 6.07) is 7.19. The van der Waals surface area contributed by atoms with Gasteiger partial charge in [-0.05, 0) is 54.8 Å². The largest absolute Gasteiger partial charge is 0.310 e. The van der Waals surface area contributed by atoms with Crippen LogP contribution in [0.15, 0.2) is 22.7 Å². The standard InChI is InChI=1S/C14H18BrN/c1-9-7-10(9)8-16-14-6-5-11-12(14)3-2-4-13(11)15/h2-4,9-10,14,16H,5-8H2,1H3. The number of nitrogens with one attached hydrogen (secondary N) is 1. The van der Waals surface area contributed by atoms with Crippen LogP contribution >= 0.6 is 15.9 Å². The number of halogens is 1. The lowest BCUT2D eigenvalue weighted by atomic mass is 10.1. The number of benzene rings is 1. The highest BCUT2D eigenvalue weighted by atomic mass is 79.9. The maximum absolute atomic E-state index is 3.74. The van der Waals surface area contributed by atoms with Crippen molar-refractivity contribution in [2.24, 2.45) is 11.8 Å². The summed E-state index contributed by atoms with van der Waals surface area (Å²) in [7, 11) is 0. The molecule has 1 aromatic carbocycles. The smallest absolute Gasteiger partial charge is 0.0326 e. The zero-order chi connectivity index (χ0) is 11.1. The van der Waals surface area contributed by atoms with Gasteiger partial charge in [0.25, 0.3) is 0 Å². The van der Waals surface area contributed by atoms with E-state index in [0.29, 0.717) is 6.04 Å². The molecule has 16 heavy (non-hydrogen) atoms. The van der Waals surface area contributed by atoms with E-state index in [9.17, 15) is 0 Å². The highest BCUT2D eigenvalue weighted by Gasteiger charge is 2.33. The molecule has 2 aliphatic carbocycles. The summed E-state index contributed by atoms with van der Waals surface area (Å²) < 4.78 is 1.29. The molecule has 86 valence electrons. The third kappa shape index (κ3) is 1.93. The molecular formula is C14H18BrN. The SMILES string of the molecule is CC1CC1CNC1CCc2c(Br)cccc21. The van der Waals surface area contributed by atoms with Gasteiger partial charge in [0.15, 0.2) is 0 Å². The van der Waals surface area contributed by atoms with E-state index in [4.69, 9.17) is 0 Å². The Balaban J connectivity index is 1.69. The van der Waals surface area contributed by atoms with E-state index in [2.05, 4.69) is 46.4 Å². The molecule has 2 aliphatic rings. The van der Waals surface area contributed by atoms with Crippen LogP contribution in [0, 0.1) is 11.8 Å². The Hall–Kier alpha value is -0.340. The number of rotatable bonds is 3. The van der Waals surface area contributed by atoms with Gasteiger partial charge in [-0.3, -0.25) is 0 Å². The molecule has 1 fully saturated rings. The van der Waals surface area contributed by atoms with E-state index >= 15 is 0 Å².